The van der Waals surface area contributed by atoms with E-state index in [9.17, 15) is 13.2 Å². The molecule has 2 aromatic rings. The lowest BCUT2D eigenvalue weighted by Gasteiger charge is -2.22. The fourth-order valence-corrected chi connectivity index (χ4v) is 3.48. The number of halogens is 1. The number of imidazole rings is 1. The number of hydrogen-bond donors (Lipinski definition) is 3. The second-order valence-corrected chi connectivity index (χ2v) is 7.59. The zero-order chi connectivity index (χ0) is 18.0. The quantitative estimate of drug-likeness (QED) is 0.651. The molecule has 1 fully saturated rings. The van der Waals surface area contributed by atoms with Crippen molar-refractivity contribution in [1.29, 1.82) is 0 Å². The van der Waals surface area contributed by atoms with Crippen LogP contribution in [-0.4, -0.2) is 43.6 Å². The molecule has 2 heterocycles. The highest BCUT2D eigenvalue weighted by atomic mass is 35.5. The minimum absolute atomic E-state index is 0. The monoisotopic (exact) mass is 400 g/mol. The van der Waals surface area contributed by atoms with Crippen LogP contribution in [0.1, 0.15) is 35.1 Å². The SMILES string of the molecule is CS(=O)(=O)Oc1ccccc1-c1nc(C(N)=O)[nH]c1C1CCNCC1.Cl. The van der Waals surface area contributed by atoms with Crippen molar-refractivity contribution < 1.29 is 17.4 Å². The summed E-state index contributed by atoms with van der Waals surface area (Å²) in [5, 5.41) is 3.29. The number of amides is 1. The van der Waals surface area contributed by atoms with Crippen molar-refractivity contribution in [1.82, 2.24) is 15.3 Å². The standard InChI is InChI=1S/C16H20N4O4S.ClH/c1-25(22,23)24-12-5-3-2-4-11(12)14-13(10-6-8-18-9-7-10)19-16(20-14)15(17)21;/h2-5,10,18H,6-9H2,1H3,(H2,17,21)(H,19,20);1H. The first-order chi connectivity index (χ1) is 11.8. The highest BCUT2D eigenvalue weighted by molar-refractivity contribution is 7.86. The third kappa shape index (κ3) is 4.54. The van der Waals surface area contributed by atoms with Crippen molar-refractivity contribution in [2.24, 2.45) is 5.73 Å². The van der Waals surface area contributed by atoms with Gasteiger partial charge in [0.2, 0.25) is 0 Å². The molecule has 0 bridgehead atoms. The number of nitrogens with one attached hydrogen (secondary N) is 2. The molecule has 8 nitrogen and oxygen atoms in total. The molecule has 1 aromatic carbocycles. The van der Waals surface area contributed by atoms with Crippen LogP contribution in [0.5, 0.6) is 5.75 Å². The van der Waals surface area contributed by atoms with Crippen molar-refractivity contribution >= 4 is 28.4 Å². The number of primary amides is 1. The lowest BCUT2D eigenvalue weighted by molar-refractivity contribution is 0.0991. The van der Waals surface area contributed by atoms with Crippen LogP contribution in [0.3, 0.4) is 0 Å². The van der Waals surface area contributed by atoms with E-state index in [1.165, 1.54) is 0 Å². The van der Waals surface area contributed by atoms with Crippen molar-refractivity contribution in [3.8, 4) is 17.0 Å². The van der Waals surface area contributed by atoms with E-state index in [2.05, 4.69) is 15.3 Å². The zero-order valence-electron chi connectivity index (χ0n) is 14.2. The molecule has 1 saturated heterocycles. The summed E-state index contributed by atoms with van der Waals surface area (Å²) in [5.74, 6) is -0.272. The van der Waals surface area contributed by atoms with Gasteiger partial charge in [-0.1, -0.05) is 12.1 Å². The third-order valence-corrected chi connectivity index (χ3v) is 4.58. The molecule has 0 radical (unpaired) electrons. The minimum atomic E-state index is -3.69. The second-order valence-electron chi connectivity index (χ2n) is 6.02. The van der Waals surface area contributed by atoms with E-state index >= 15 is 0 Å². The molecular formula is C16H21ClN4O4S. The first kappa shape index (κ1) is 20.2. The second kappa shape index (κ2) is 8.07. The number of hydrogen-bond acceptors (Lipinski definition) is 6. The molecule has 0 spiro atoms. The molecule has 3 rings (SSSR count). The van der Waals surface area contributed by atoms with Gasteiger partial charge in [0.1, 0.15) is 0 Å². The lowest BCUT2D eigenvalue weighted by Crippen LogP contribution is -2.27. The van der Waals surface area contributed by atoms with E-state index < -0.39 is 16.0 Å². The Kier molecular flexibility index (Phi) is 6.27. The summed E-state index contributed by atoms with van der Waals surface area (Å²) >= 11 is 0. The molecule has 1 aliphatic heterocycles. The van der Waals surface area contributed by atoms with Crippen LogP contribution in [-0.2, 0) is 10.1 Å². The number of nitrogens with two attached hydrogens (primary N) is 1. The summed E-state index contributed by atoms with van der Waals surface area (Å²) in [7, 11) is -3.69. The molecule has 26 heavy (non-hydrogen) atoms. The van der Waals surface area contributed by atoms with Crippen LogP contribution in [0, 0.1) is 0 Å². The molecule has 0 unspecified atom stereocenters. The van der Waals surface area contributed by atoms with E-state index in [-0.39, 0.29) is 29.9 Å². The summed E-state index contributed by atoms with van der Waals surface area (Å²) in [4.78, 5) is 18.9. The van der Waals surface area contributed by atoms with Crippen LogP contribution >= 0.6 is 12.4 Å². The number of piperidine rings is 1. The Hall–Kier alpha value is -2.10. The van der Waals surface area contributed by atoms with Crippen LogP contribution in [0.4, 0.5) is 0 Å². The highest BCUT2D eigenvalue weighted by Crippen LogP contribution is 2.37. The summed E-state index contributed by atoms with van der Waals surface area (Å²) in [5.41, 5.74) is 7.15. The Morgan fingerprint density at radius 1 is 1.27 bits per heavy atom. The average molecular weight is 401 g/mol. The number of nitrogens with zero attached hydrogens (tertiary/aromatic N) is 1. The van der Waals surface area contributed by atoms with Gasteiger partial charge < -0.3 is 20.2 Å². The largest absolute Gasteiger partial charge is 0.382 e. The fourth-order valence-electron chi connectivity index (χ4n) is 3.01. The minimum Gasteiger partial charge on any atom is -0.382 e. The zero-order valence-corrected chi connectivity index (χ0v) is 15.8. The van der Waals surface area contributed by atoms with Gasteiger partial charge in [0.15, 0.2) is 11.6 Å². The van der Waals surface area contributed by atoms with E-state index in [1.54, 1.807) is 24.3 Å². The predicted molar refractivity (Wildman–Crippen MR) is 100 cm³/mol. The maximum absolute atomic E-state index is 11.6. The highest BCUT2D eigenvalue weighted by Gasteiger charge is 2.26. The maximum Gasteiger partial charge on any atom is 0.306 e. The molecule has 4 N–H and O–H groups in total. The van der Waals surface area contributed by atoms with Gasteiger partial charge in [0, 0.05) is 17.2 Å². The molecule has 0 atom stereocenters. The van der Waals surface area contributed by atoms with Gasteiger partial charge in [0.25, 0.3) is 5.91 Å². The summed E-state index contributed by atoms with van der Waals surface area (Å²) in [6, 6.07) is 6.71. The topological polar surface area (TPSA) is 127 Å². The smallest absolute Gasteiger partial charge is 0.306 e. The molecule has 142 valence electrons. The Balaban J connectivity index is 0.00000243. The Morgan fingerprint density at radius 2 is 1.92 bits per heavy atom. The van der Waals surface area contributed by atoms with E-state index in [0.717, 1.165) is 37.9 Å². The van der Waals surface area contributed by atoms with Gasteiger partial charge in [-0.3, -0.25) is 4.79 Å². The van der Waals surface area contributed by atoms with Gasteiger partial charge >= 0.3 is 10.1 Å². The fraction of sp³-hybridized carbons (Fsp3) is 0.375. The van der Waals surface area contributed by atoms with E-state index in [4.69, 9.17) is 9.92 Å². The Labute approximate surface area is 158 Å². The molecule has 10 heteroatoms. The first-order valence-electron chi connectivity index (χ1n) is 7.94. The number of aromatic amines is 1. The third-order valence-electron chi connectivity index (χ3n) is 4.10. The Bertz CT molecular complexity index is 891. The number of carbonyl (C=O) groups is 1. The normalized spacial score (nSPS) is 15.3. The number of aromatic nitrogens is 2. The number of H-pyrrole nitrogens is 1. The predicted octanol–water partition coefficient (Wildman–Crippen LogP) is 1.40. The first-order valence-corrected chi connectivity index (χ1v) is 9.76. The number of rotatable bonds is 5. The molecule has 1 aromatic heterocycles. The van der Waals surface area contributed by atoms with Crippen molar-refractivity contribution in [3.63, 3.8) is 0 Å². The molecule has 1 aliphatic rings. The summed E-state index contributed by atoms with van der Waals surface area (Å²) < 4.78 is 28.2. The maximum atomic E-state index is 11.6. The van der Waals surface area contributed by atoms with E-state index in [1.807, 2.05) is 0 Å². The van der Waals surface area contributed by atoms with Crippen LogP contribution in [0.2, 0.25) is 0 Å². The van der Waals surface area contributed by atoms with Crippen molar-refractivity contribution in [2.75, 3.05) is 19.3 Å². The van der Waals surface area contributed by atoms with Crippen LogP contribution in [0.15, 0.2) is 24.3 Å². The summed E-state index contributed by atoms with van der Waals surface area (Å²) in [6.45, 7) is 1.72. The lowest BCUT2D eigenvalue weighted by atomic mass is 9.91. The van der Waals surface area contributed by atoms with E-state index in [0.29, 0.717) is 11.3 Å². The number of para-hydroxylation sites is 1. The van der Waals surface area contributed by atoms with Gasteiger partial charge in [0.05, 0.1) is 11.9 Å². The van der Waals surface area contributed by atoms with Gasteiger partial charge in [-0.25, -0.2) is 4.98 Å². The van der Waals surface area contributed by atoms with Gasteiger partial charge in [-0.05, 0) is 38.1 Å². The van der Waals surface area contributed by atoms with Crippen LogP contribution < -0.4 is 15.2 Å². The summed E-state index contributed by atoms with van der Waals surface area (Å²) in [6.07, 6.45) is 2.74. The van der Waals surface area contributed by atoms with Crippen molar-refractivity contribution in [3.05, 3.63) is 35.8 Å². The van der Waals surface area contributed by atoms with Crippen LogP contribution in [0.25, 0.3) is 11.3 Å². The van der Waals surface area contributed by atoms with Crippen molar-refractivity contribution in [2.45, 2.75) is 18.8 Å². The van der Waals surface area contributed by atoms with Gasteiger partial charge in [-0.2, -0.15) is 8.42 Å². The Morgan fingerprint density at radius 3 is 2.54 bits per heavy atom. The number of carbonyl (C=O) groups excluding carboxylic acids is 1. The molecule has 0 saturated carbocycles. The molecule has 0 aliphatic carbocycles. The number of benzene rings is 1. The average Bonchev–Trinajstić information content (AvgIpc) is 3.00. The van der Waals surface area contributed by atoms with Gasteiger partial charge in [-0.15, -0.1) is 12.4 Å². The molecular weight excluding hydrogens is 380 g/mol. The molecule has 1 amide bonds.